The first-order valence-corrected chi connectivity index (χ1v) is 5.97. The van der Waals surface area contributed by atoms with Crippen LogP contribution in [0.4, 0.5) is 5.69 Å². The van der Waals surface area contributed by atoms with Crippen LogP contribution in [0.5, 0.6) is 0 Å². The molecule has 1 aliphatic heterocycles. The average Bonchev–Trinajstić information content (AvgIpc) is 2.76. The highest BCUT2D eigenvalue weighted by Gasteiger charge is 2.20. The molecule has 1 heterocycles. The third-order valence-electron chi connectivity index (χ3n) is 2.92. The van der Waals surface area contributed by atoms with E-state index in [-0.39, 0.29) is 25.0 Å². The minimum absolute atomic E-state index is 0.0693. The van der Waals surface area contributed by atoms with E-state index in [1.54, 1.807) is 18.2 Å². The number of fused-ring (bicyclic) bond motifs is 1. The number of hydrogen-bond acceptors (Lipinski definition) is 4. The molecule has 0 aliphatic carbocycles. The summed E-state index contributed by atoms with van der Waals surface area (Å²) in [5, 5.41) is 14.4. The summed E-state index contributed by atoms with van der Waals surface area (Å²) in [7, 11) is 1.50. The summed E-state index contributed by atoms with van der Waals surface area (Å²) in [6.07, 6.45) is 0.347. The van der Waals surface area contributed by atoms with E-state index in [2.05, 4.69) is 10.6 Å². The number of aliphatic hydroxyl groups excluding tert-OH is 1. The number of rotatable bonds is 5. The van der Waals surface area contributed by atoms with Crippen molar-refractivity contribution in [1.29, 1.82) is 0 Å². The molecular formula is C13H16N2O4. The van der Waals surface area contributed by atoms with Crippen LogP contribution in [0.25, 0.3) is 0 Å². The van der Waals surface area contributed by atoms with Crippen LogP contribution < -0.4 is 10.6 Å². The van der Waals surface area contributed by atoms with Crippen molar-refractivity contribution in [3.8, 4) is 0 Å². The third-order valence-corrected chi connectivity index (χ3v) is 2.92. The standard InChI is InChI=1S/C13H16N2O4/c1-19-7-10(6-16)14-13(18)9-3-2-8-5-12(17)15-11(8)4-9/h2-4,10,16H,5-7H2,1H3,(H,14,18)(H,15,17). The van der Waals surface area contributed by atoms with Crippen LogP contribution >= 0.6 is 0 Å². The Bertz CT molecular complexity index is 501. The van der Waals surface area contributed by atoms with Crippen molar-refractivity contribution in [2.75, 3.05) is 25.6 Å². The van der Waals surface area contributed by atoms with Crippen molar-refractivity contribution in [1.82, 2.24) is 5.32 Å². The number of benzene rings is 1. The molecule has 1 atom stereocenters. The zero-order valence-electron chi connectivity index (χ0n) is 10.6. The van der Waals surface area contributed by atoms with Crippen molar-refractivity contribution >= 4 is 17.5 Å². The van der Waals surface area contributed by atoms with E-state index in [1.165, 1.54) is 7.11 Å². The lowest BCUT2D eigenvalue weighted by molar-refractivity contribution is -0.115. The second-order valence-corrected chi connectivity index (χ2v) is 4.41. The minimum atomic E-state index is -0.444. The molecule has 0 aromatic heterocycles. The Balaban J connectivity index is 2.08. The lowest BCUT2D eigenvalue weighted by Gasteiger charge is -2.15. The number of methoxy groups -OCH3 is 1. The molecule has 2 rings (SSSR count). The fraction of sp³-hybridized carbons (Fsp3) is 0.385. The maximum Gasteiger partial charge on any atom is 0.251 e. The van der Waals surface area contributed by atoms with Gasteiger partial charge in [0.2, 0.25) is 5.91 Å². The van der Waals surface area contributed by atoms with E-state index in [0.29, 0.717) is 17.7 Å². The van der Waals surface area contributed by atoms with Gasteiger partial charge in [0.05, 0.1) is 25.7 Å². The Morgan fingerprint density at radius 2 is 2.37 bits per heavy atom. The van der Waals surface area contributed by atoms with Crippen LogP contribution in [0.1, 0.15) is 15.9 Å². The first-order chi connectivity index (χ1) is 9.13. The van der Waals surface area contributed by atoms with Gasteiger partial charge < -0.3 is 20.5 Å². The topological polar surface area (TPSA) is 87.7 Å². The van der Waals surface area contributed by atoms with Gasteiger partial charge >= 0.3 is 0 Å². The van der Waals surface area contributed by atoms with Crippen LogP contribution in [0, 0.1) is 0 Å². The molecule has 6 nitrogen and oxygen atoms in total. The van der Waals surface area contributed by atoms with Crippen molar-refractivity contribution in [3.05, 3.63) is 29.3 Å². The Hall–Kier alpha value is -1.92. The molecule has 3 N–H and O–H groups in total. The molecule has 0 spiro atoms. The van der Waals surface area contributed by atoms with Crippen molar-refractivity contribution < 1.29 is 19.4 Å². The zero-order chi connectivity index (χ0) is 13.8. The van der Waals surface area contributed by atoms with E-state index in [1.807, 2.05) is 0 Å². The Labute approximate surface area is 110 Å². The summed E-state index contributed by atoms with van der Waals surface area (Å²) >= 11 is 0. The second kappa shape index (κ2) is 5.81. The number of amides is 2. The normalized spacial score (nSPS) is 14.7. The van der Waals surface area contributed by atoms with Crippen LogP contribution in [-0.4, -0.2) is 43.3 Å². The van der Waals surface area contributed by atoms with Gasteiger partial charge in [0.15, 0.2) is 0 Å². The van der Waals surface area contributed by atoms with Gasteiger partial charge in [0, 0.05) is 18.4 Å². The molecule has 1 aromatic carbocycles. The number of hydrogen-bond donors (Lipinski definition) is 3. The lowest BCUT2D eigenvalue weighted by atomic mass is 10.1. The van der Waals surface area contributed by atoms with Crippen molar-refractivity contribution in [3.63, 3.8) is 0 Å². The highest BCUT2D eigenvalue weighted by atomic mass is 16.5. The molecule has 2 amide bonds. The molecule has 102 valence electrons. The summed E-state index contributed by atoms with van der Waals surface area (Å²) in [5.41, 5.74) is 2.00. The van der Waals surface area contributed by atoms with Gasteiger partial charge in [-0.25, -0.2) is 0 Å². The minimum Gasteiger partial charge on any atom is -0.394 e. The highest BCUT2D eigenvalue weighted by Crippen LogP contribution is 2.23. The summed E-state index contributed by atoms with van der Waals surface area (Å²) < 4.78 is 4.89. The maximum atomic E-state index is 12.0. The van der Waals surface area contributed by atoms with Gasteiger partial charge in [0.25, 0.3) is 5.91 Å². The predicted octanol–water partition coefficient (Wildman–Crippen LogP) is -0.0817. The third kappa shape index (κ3) is 3.10. The summed E-state index contributed by atoms with van der Waals surface area (Å²) in [6, 6.07) is 4.61. The smallest absolute Gasteiger partial charge is 0.251 e. The van der Waals surface area contributed by atoms with Crippen LogP contribution in [-0.2, 0) is 16.0 Å². The van der Waals surface area contributed by atoms with Crippen molar-refractivity contribution in [2.24, 2.45) is 0 Å². The first-order valence-electron chi connectivity index (χ1n) is 5.97. The molecule has 0 bridgehead atoms. The van der Waals surface area contributed by atoms with Gasteiger partial charge in [-0.15, -0.1) is 0 Å². The van der Waals surface area contributed by atoms with Crippen LogP contribution in [0.2, 0.25) is 0 Å². The second-order valence-electron chi connectivity index (χ2n) is 4.41. The SMILES string of the molecule is COCC(CO)NC(=O)c1ccc2c(c1)NC(=O)C2. The number of nitrogens with one attached hydrogen (secondary N) is 2. The molecule has 6 heteroatoms. The number of ether oxygens (including phenoxy) is 1. The van der Waals surface area contributed by atoms with Gasteiger partial charge in [-0.1, -0.05) is 6.07 Å². The summed E-state index contributed by atoms with van der Waals surface area (Å²) in [5.74, 6) is -0.375. The molecule has 1 unspecified atom stereocenters. The first kappa shape index (κ1) is 13.5. The van der Waals surface area contributed by atoms with E-state index in [4.69, 9.17) is 9.84 Å². The van der Waals surface area contributed by atoms with E-state index >= 15 is 0 Å². The average molecular weight is 264 g/mol. The fourth-order valence-electron chi connectivity index (χ4n) is 1.97. The highest BCUT2D eigenvalue weighted by molar-refractivity contribution is 6.02. The molecule has 0 fully saturated rings. The van der Waals surface area contributed by atoms with Gasteiger partial charge in [0.1, 0.15) is 0 Å². The summed E-state index contributed by atoms with van der Waals surface area (Å²) in [4.78, 5) is 23.2. The van der Waals surface area contributed by atoms with Gasteiger partial charge in [-0.3, -0.25) is 9.59 Å². The summed E-state index contributed by atoms with van der Waals surface area (Å²) in [6.45, 7) is 0.0468. The fourth-order valence-corrected chi connectivity index (χ4v) is 1.97. The zero-order valence-corrected chi connectivity index (χ0v) is 10.6. The largest absolute Gasteiger partial charge is 0.394 e. The van der Waals surface area contributed by atoms with E-state index in [9.17, 15) is 9.59 Å². The van der Waals surface area contributed by atoms with E-state index < -0.39 is 6.04 Å². The van der Waals surface area contributed by atoms with Gasteiger partial charge in [-0.2, -0.15) is 0 Å². The molecule has 1 aromatic rings. The molecule has 0 saturated carbocycles. The quantitative estimate of drug-likeness (QED) is 0.694. The Kier molecular flexibility index (Phi) is 4.13. The number of aliphatic hydroxyl groups is 1. The predicted molar refractivity (Wildman–Crippen MR) is 69.0 cm³/mol. The van der Waals surface area contributed by atoms with Crippen molar-refractivity contribution in [2.45, 2.75) is 12.5 Å². The Morgan fingerprint density at radius 3 is 3.05 bits per heavy atom. The molecule has 0 saturated heterocycles. The maximum absolute atomic E-state index is 12.0. The molecule has 19 heavy (non-hydrogen) atoms. The Morgan fingerprint density at radius 1 is 1.58 bits per heavy atom. The monoisotopic (exact) mass is 264 g/mol. The van der Waals surface area contributed by atoms with Crippen LogP contribution in [0.3, 0.4) is 0 Å². The van der Waals surface area contributed by atoms with Gasteiger partial charge in [-0.05, 0) is 17.7 Å². The van der Waals surface area contributed by atoms with E-state index in [0.717, 1.165) is 5.56 Å². The molecular weight excluding hydrogens is 248 g/mol. The van der Waals surface area contributed by atoms with Crippen LogP contribution in [0.15, 0.2) is 18.2 Å². The number of carbonyl (C=O) groups excluding carboxylic acids is 2. The molecule has 0 radical (unpaired) electrons. The lowest BCUT2D eigenvalue weighted by Crippen LogP contribution is -2.40. The number of carbonyl (C=O) groups is 2. The molecule has 1 aliphatic rings. The number of anilines is 1.